The van der Waals surface area contributed by atoms with Crippen molar-refractivity contribution in [3.8, 4) is 5.75 Å². The normalized spacial score (nSPS) is 11.6. The summed E-state index contributed by atoms with van der Waals surface area (Å²) in [5.41, 5.74) is 2.94. The molecule has 2 aromatic carbocycles. The van der Waals surface area contributed by atoms with Crippen molar-refractivity contribution in [3.63, 3.8) is 0 Å². The van der Waals surface area contributed by atoms with E-state index in [1.54, 1.807) is 30.0 Å². The molecule has 0 radical (unpaired) electrons. The molecule has 2 aromatic rings. The van der Waals surface area contributed by atoms with Crippen LogP contribution in [0.25, 0.3) is 0 Å². The van der Waals surface area contributed by atoms with E-state index >= 15 is 0 Å². The third kappa shape index (κ3) is 5.73. The highest BCUT2D eigenvalue weighted by atomic mass is 35.5. The topological polar surface area (TPSA) is 58.6 Å². The predicted octanol–water partition coefficient (Wildman–Crippen LogP) is 3.89. The summed E-state index contributed by atoms with van der Waals surface area (Å²) in [6.45, 7) is 8.14. The molecule has 0 heterocycles. The van der Waals surface area contributed by atoms with Gasteiger partial charge in [0.1, 0.15) is 11.8 Å². The van der Waals surface area contributed by atoms with E-state index in [4.69, 9.17) is 16.3 Å². The van der Waals surface area contributed by atoms with Crippen LogP contribution < -0.4 is 10.1 Å². The van der Waals surface area contributed by atoms with Crippen molar-refractivity contribution in [3.05, 3.63) is 64.2 Å². The molecule has 0 saturated carbocycles. The molecule has 2 amide bonds. The average molecular weight is 403 g/mol. The molecule has 0 unspecified atom stereocenters. The molecular weight excluding hydrogens is 376 g/mol. The van der Waals surface area contributed by atoms with E-state index in [0.717, 1.165) is 16.7 Å². The summed E-state index contributed by atoms with van der Waals surface area (Å²) in [4.78, 5) is 26.8. The molecule has 0 aliphatic heterocycles. The molecule has 1 atom stereocenters. The zero-order chi connectivity index (χ0) is 20.7. The lowest BCUT2D eigenvalue weighted by Crippen LogP contribution is -2.49. The van der Waals surface area contributed by atoms with Crippen molar-refractivity contribution in [2.24, 2.45) is 0 Å². The standard InChI is InChI=1S/C22H27ClN2O3/c1-5-24-22(27)17(4)25(13-18-9-7-6-8-15(18)2)21(26)14-28-19-10-11-20(23)16(3)12-19/h6-12,17H,5,13-14H2,1-4H3,(H,24,27)/t17-/m0/s1. The summed E-state index contributed by atoms with van der Waals surface area (Å²) in [7, 11) is 0. The maximum Gasteiger partial charge on any atom is 0.261 e. The molecule has 2 rings (SSSR count). The van der Waals surface area contributed by atoms with Crippen molar-refractivity contribution in [1.29, 1.82) is 0 Å². The third-order valence-electron chi connectivity index (χ3n) is 4.61. The smallest absolute Gasteiger partial charge is 0.261 e. The molecular formula is C22H27ClN2O3. The van der Waals surface area contributed by atoms with Crippen LogP contribution in [0.1, 0.15) is 30.5 Å². The van der Waals surface area contributed by atoms with Crippen molar-refractivity contribution >= 4 is 23.4 Å². The molecule has 0 aliphatic rings. The first-order chi connectivity index (χ1) is 13.3. The van der Waals surface area contributed by atoms with Gasteiger partial charge in [0.2, 0.25) is 5.91 Å². The second-order valence-corrected chi connectivity index (χ2v) is 7.13. The highest BCUT2D eigenvalue weighted by Crippen LogP contribution is 2.21. The monoisotopic (exact) mass is 402 g/mol. The van der Waals surface area contributed by atoms with Crippen LogP contribution in [0.2, 0.25) is 5.02 Å². The van der Waals surface area contributed by atoms with Gasteiger partial charge in [-0.25, -0.2) is 0 Å². The Hall–Kier alpha value is -2.53. The van der Waals surface area contributed by atoms with E-state index in [-0.39, 0.29) is 18.4 Å². The highest BCUT2D eigenvalue weighted by molar-refractivity contribution is 6.31. The van der Waals surface area contributed by atoms with Crippen LogP contribution in [0.5, 0.6) is 5.75 Å². The average Bonchev–Trinajstić information content (AvgIpc) is 2.67. The third-order valence-corrected chi connectivity index (χ3v) is 5.04. The number of ether oxygens (including phenoxy) is 1. The number of nitrogens with one attached hydrogen (secondary N) is 1. The SMILES string of the molecule is CCNC(=O)[C@H](C)N(Cc1ccccc1C)C(=O)COc1ccc(Cl)c(C)c1. The Morgan fingerprint density at radius 1 is 1.14 bits per heavy atom. The van der Waals surface area contributed by atoms with Gasteiger partial charge < -0.3 is 15.0 Å². The lowest BCUT2D eigenvalue weighted by Gasteiger charge is -2.29. The zero-order valence-corrected chi connectivity index (χ0v) is 17.5. The van der Waals surface area contributed by atoms with Gasteiger partial charge in [-0.1, -0.05) is 35.9 Å². The van der Waals surface area contributed by atoms with Gasteiger partial charge in [-0.2, -0.15) is 0 Å². The summed E-state index contributed by atoms with van der Waals surface area (Å²) in [6.07, 6.45) is 0. The number of aryl methyl sites for hydroxylation is 2. The van der Waals surface area contributed by atoms with Crippen LogP contribution in [-0.4, -0.2) is 35.9 Å². The molecule has 150 valence electrons. The van der Waals surface area contributed by atoms with Gasteiger partial charge in [0.05, 0.1) is 0 Å². The Morgan fingerprint density at radius 2 is 1.86 bits per heavy atom. The number of rotatable bonds is 8. The molecule has 0 bridgehead atoms. The number of carbonyl (C=O) groups excluding carboxylic acids is 2. The summed E-state index contributed by atoms with van der Waals surface area (Å²) >= 11 is 6.03. The second-order valence-electron chi connectivity index (χ2n) is 6.72. The van der Waals surface area contributed by atoms with Gasteiger partial charge in [0, 0.05) is 18.1 Å². The minimum Gasteiger partial charge on any atom is -0.484 e. The molecule has 0 aliphatic carbocycles. The van der Waals surface area contributed by atoms with E-state index < -0.39 is 6.04 Å². The Balaban J connectivity index is 2.16. The molecule has 0 fully saturated rings. The summed E-state index contributed by atoms with van der Waals surface area (Å²) in [6, 6.07) is 12.5. The van der Waals surface area contributed by atoms with E-state index in [1.807, 2.05) is 45.0 Å². The zero-order valence-electron chi connectivity index (χ0n) is 16.8. The minimum absolute atomic E-state index is 0.156. The minimum atomic E-state index is -0.609. The van der Waals surface area contributed by atoms with Crippen LogP contribution in [0, 0.1) is 13.8 Å². The number of benzene rings is 2. The fourth-order valence-electron chi connectivity index (χ4n) is 2.81. The van der Waals surface area contributed by atoms with Crippen molar-refractivity contribution < 1.29 is 14.3 Å². The fourth-order valence-corrected chi connectivity index (χ4v) is 2.93. The highest BCUT2D eigenvalue weighted by Gasteiger charge is 2.26. The van der Waals surface area contributed by atoms with Crippen molar-refractivity contribution in [2.75, 3.05) is 13.2 Å². The summed E-state index contributed by atoms with van der Waals surface area (Å²) < 4.78 is 5.66. The Morgan fingerprint density at radius 3 is 2.50 bits per heavy atom. The van der Waals surface area contributed by atoms with Crippen LogP contribution in [0.15, 0.2) is 42.5 Å². The molecule has 0 aromatic heterocycles. The molecule has 28 heavy (non-hydrogen) atoms. The maximum atomic E-state index is 12.9. The number of nitrogens with zero attached hydrogens (tertiary/aromatic N) is 1. The van der Waals surface area contributed by atoms with Gasteiger partial charge in [-0.05, 0) is 62.6 Å². The van der Waals surface area contributed by atoms with Gasteiger partial charge in [-0.15, -0.1) is 0 Å². The summed E-state index contributed by atoms with van der Waals surface area (Å²) in [5, 5.41) is 3.42. The van der Waals surface area contributed by atoms with Gasteiger partial charge in [0.15, 0.2) is 6.61 Å². The number of hydrogen-bond acceptors (Lipinski definition) is 3. The Bertz CT molecular complexity index is 838. The number of carbonyl (C=O) groups is 2. The molecule has 6 heteroatoms. The van der Waals surface area contributed by atoms with Crippen LogP contribution >= 0.6 is 11.6 Å². The fraction of sp³-hybridized carbons (Fsp3) is 0.364. The van der Waals surface area contributed by atoms with Crippen molar-refractivity contribution in [1.82, 2.24) is 10.2 Å². The lowest BCUT2D eigenvalue weighted by molar-refractivity contribution is -0.142. The molecule has 0 saturated heterocycles. The van der Waals surface area contributed by atoms with Crippen LogP contribution in [0.4, 0.5) is 0 Å². The first kappa shape index (κ1) is 21.8. The lowest BCUT2D eigenvalue weighted by atomic mass is 10.1. The van der Waals surface area contributed by atoms with Crippen molar-refractivity contribution in [2.45, 2.75) is 40.3 Å². The van der Waals surface area contributed by atoms with E-state index in [9.17, 15) is 9.59 Å². The van der Waals surface area contributed by atoms with E-state index in [2.05, 4.69) is 5.32 Å². The van der Waals surface area contributed by atoms with E-state index in [1.165, 1.54) is 0 Å². The number of likely N-dealkylation sites (N-methyl/N-ethyl adjacent to an activating group) is 1. The quantitative estimate of drug-likeness (QED) is 0.728. The van der Waals surface area contributed by atoms with Gasteiger partial charge in [-0.3, -0.25) is 9.59 Å². The van der Waals surface area contributed by atoms with Crippen LogP contribution in [-0.2, 0) is 16.1 Å². The van der Waals surface area contributed by atoms with Gasteiger partial charge in [0.25, 0.3) is 5.91 Å². The van der Waals surface area contributed by atoms with E-state index in [0.29, 0.717) is 23.9 Å². The first-order valence-electron chi connectivity index (χ1n) is 9.34. The largest absolute Gasteiger partial charge is 0.484 e. The number of halogens is 1. The number of amides is 2. The summed E-state index contributed by atoms with van der Waals surface area (Å²) in [5.74, 6) is 0.123. The predicted molar refractivity (Wildman–Crippen MR) is 112 cm³/mol. The van der Waals surface area contributed by atoms with Crippen LogP contribution in [0.3, 0.4) is 0 Å². The first-order valence-corrected chi connectivity index (χ1v) is 9.72. The second kappa shape index (κ2) is 10.1. The molecule has 5 nitrogen and oxygen atoms in total. The van der Waals surface area contributed by atoms with Gasteiger partial charge >= 0.3 is 0 Å². The maximum absolute atomic E-state index is 12.9. The Labute approximate surface area is 171 Å². The molecule has 1 N–H and O–H groups in total. The Kier molecular flexibility index (Phi) is 7.88. The molecule has 0 spiro atoms. The number of hydrogen-bond donors (Lipinski definition) is 1.